The number of rotatable bonds is 5. The summed E-state index contributed by atoms with van der Waals surface area (Å²) in [6, 6.07) is 6.89. The molecule has 0 atom stereocenters. The molecular formula is C14H14BrN3O2. The fourth-order valence-corrected chi connectivity index (χ4v) is 2.30. The molecule has 1 aromatic heterocycles. The predicted octanol–water partition coefficient (Wildman–Crippen LogP) is 3.35. The van der Waals surface area contributed by atoms with Crippen LogP contribution in [-0.4, -0.2) is 9.91 Å². The van der Waals surface area contributed by atoms with Crippen molar-refractivity contribution in [2.24, 2.45) is 0 Å². The van der Waals surface area contributed by atoms with Gasteiger partial charge in [0.15, 0.2) is 0 Å². The van der Waals surface area contributed by atoms with Gasteiger partial charge in [-0.1, -0.05) is 15.9 Å². The number of nitrogens with zero attached hydrogens (tertiary/aromatic N) is 2. The lowest BCUT2D eigenvalue weighted by Gasteiger charge is -2.08. The lowest BCUT2D eigenvalue weighted by Crippen LogP contribution is -2.14. The van der Waals surface area contributed by atoms with E-state index < -0.39 is 0 Å². The summed E-state index contributed by atoms with van der Waals surface area (Å²) < 4.78 is 0.831. The quantitative estimate of drug-likeness (QED) is 0.672. The van der Waals surface area contributed by atoms with Crippen LogP contribution in [0.3, 0.4) is 0 Å². The summed E-state index contributed by atoms with van der Waals surface area (Å²) >= 11 is 3.33. The Morgan fingerprint density at radius 3 is 2.75 bits per heavy atom. The number of aromatic nitrogens is 1. The molecule has 0 aliphatic carbocycles. The highest BCUT2D eigenvalue weighted by molar-refractivity contribution is 9.10. The fourth-order valence-electron chi connectivity index (χ4n) is 1.89. The molecule has 104 valence electrons. The van der Waals surface area contributed by atoms with Crippen molar-refractivity contribution in [3.63, 3.8) is 0 Å². The van der Waals surface area contributed by atoms with Crippen molar-refractivity contribution in [2.45, 2.75) is 20.0 Å². The molecule has 5 nitrogen and oxygen atoms in total. The van der Waals surface area contributed by atoms with Crippen LogP contribution in [-0.2, 0) is 13.1 Å². The number of pyridine rings is 1. The van der Waals surface area contributed by atoms with E-state index >= 15 is 0 Å². The molecule has 20 heavy (non-hydrogen) atoms. The molecule has 0 saturated heterocycles. The molecule has 0 aliphatic heterocycles. The molecule has 0 radical (unpaired) electrons. The van der Waals surface area contributed by atoms with Crippen LogP contribution in [0.1, 0.15) is 16.7 Å². The summed E-state index contributed by atoms with van der Waals surface area (Å²) in [4.78, 5) is 14.7. The number of aryl methyl sites for hydroxylation is 1. The van der Waals surface area contributed by atoms with Crippen LogP contribution in [0.15, 0.2) is 41.1 Å². The molecule has 0 fully saturated rings. The van der Waals surface area contributed by atoms with Crippen LogP contribution in [0.2, 0.25) is 0 Å². The van der Waals surface area contributed by atoms with Gasteiger partial charge < -0.3 is 5.32 Å². The molecule has 0 spiro atoms. The van der Waals surface area contributed by atoms with Crippen molar-refractivity contribution in [2.75, 3.05) is 0 Å². The Balaban J connectivity index is 2.06. The Labute approximate surface area is 125 Å². The highest BCUT2D eigenvalue weighted by atomic mass is 79.9. The standard InChI is InChI=1S/C14H14BrN3O2/c1-10-4-5-16-8-12(10)9-17-7-11-6-13(15)2-3-14(11)18(19)20/h2-6,8,17H,7,9H2,1H3. The van der Waals surface area contributed by atoms with E-state index in [1.807, 2.05) is 13.0 Å². The van der Waals surface area contributed by atoms with Crippen molar-refractivity contribution >= 4 is 21.6 Å². The highest BCUT2D eigenvalue weighted by Gasteiger charge is 2.13. The van der Waals surface area contributed by atoms with Crippen LogP contribution in [0.5, 0.6) is 0 Å². The summed E-state index contributed by atoms with van der Waals surface area (Å²) in [5.74, 6) is 0. The number of nitrogens with one attached hydrogen (secondary N) is 1. The zero-order valence-electron chi connectivity index (χ0n) is 11.0. The minimum Gasteiger partial charge on any atom is -0.308 e. The summed E-state index contributed by atoms with van der Waals surface area (Å²) in [5, 5.41) is 14.2. The summed E-state index contributed by atoms with van der Waals surface area (Å²) in [6.07, 6.45) is 3.55. The Morgan fingerprint density at radius 2 is 2.05 bits per heavy atom. The third kappa shape index (κ3) is 3.61. The molecule has 1 aromatic carbocycles. The van der Waals surface area contributed by atoms with E-state index in [2.05, 4.69) is 26.2 Å². The average molecular weight is 336 g/mol. The van der Waals surface area contributed by atoms with Gasteiger partial charge in [0.2, 0.25) is 0 Å². The summed E-state index contributed by atoms with van der Waals surface area (Å²) in [5.41, 5.74) is 3.02. The topological polar surface area (TPSA) is 68.1 Å². The van der Waals surface area contributed by atoms with Gasteiger partial charge in [0, 0.05) is 41.6 Å². The van der Waals surface area contributed by atoms with Crippen molar-refractivity contribution in [3.05, 3.63) is 67.9 Å². The van der Waals surface area contributed by atoms with Gasteiger partial charge in [-0.3, -0.25) is 15.1 Å². The van der Waals surface area contributed by atoms with Gasteiger partial charge in [0.1, 0.15) is 0 Å². The van der Waals surface area contributed by atoms with E-state index in [9.17, 15) is 10.1 Å². The summed E-state index contributed by atoms with van der Waals surface area (Å²) in [7, 11) is 0. The van der Waals surface area contributed by atoms with E-state index in [4.69, 9.17) is 0 Å². The van der Waals surface area contributed by atoms with E-state index in [0.717, 1.165) is 15.6 Å². The molecule has 0 aliphatic rings. The molecule has 0 bridgehead atoms. The molecule has 6 heteroatoms. The smallest absolute Gasteiger partial charge is 0.273 e. The zero-order chi connectivity index (χ0) is 14.5. The van der Waals surface area contributed by atoms with Gasteiger partial charge in [0.05, 0.1) is 4.92 Å². The molecular weight excluding hydrogens is 322 g/mol. The zero-order valence-corrected chi connectivity index (χ0v) is 12.6. The lowest BCUT2D eigenvalue weighted by atomic mass is 10.1. The van der Waals surface area contributed by atoms with E-state index in [0.29, 0.717) is 18.7 Å². The summed E-state index contributed by atoms with van der Waals surface area (Å²) in [6.45, 7) is 3.08. The molecule has 0 unspecified atom stereocenters. The number of benzene rings is 1. The van der Waals surface area contributed by atoms with Gasteiger partial charge >= 0.3 is 0 Å². The molecule has 0 saturated carbocycles. The van der Waals surface area contributed by atoms with Gasteiger partial charge in [-0.25, -0.2) is 0 Å². The first-order valence-electron chi connectivity index (χ1n) is 6.11. The molecule has 1 N–H and O–H groups in total. The maximum Gasteiger partial charge on any atom is 0.273 e. The monoisotopic (exact) mass is 335 g/mol. The molecule has 2 rings (SSSR count). The predicted molar refractivity (Wildman–Crippen MR) is 80.3 cm³/mol. The van der Waals surface area contributed by atoms with Gasteiger partial charge in [0.25, 0.3) is 5.69 Å². The van der Waals surface area contributed by atoms with E-state index in [-0.39, 0.29) is 10.6 Å². The van der Waals surface area contributed by atoms with Gasteiger partial charge in [-0.15, -0.1) is 0 Å². The number of hydrogen-bond acceptors (Lipinski definition) is 4. The van der Waals surface area contributed by atoms with Gasteiger partial charge in [-0.05, 0) is 36.2 Å². The third-order valence-corrected chi connectivity index (χ3v) is 3.51. The Morgan fingerprint density at radius 1 is 1.30 bits per heavy atom. The lowest BCUT2D eigenvalue weighted by molar-refractivity contribution is -0.385. The van der Waals surface area contributed by atoms with Crippen molar-refractivity contribution < 1.29 is 4.92 Å². The largest absolute Gasteiger partial charge is 0.308 e. The first-order valence-corrected chi connectivity index (χ1v) is 6.90. The van der Waals surface area contributed by atoms with Gasteiger partial charge in [-0.2, -0.15) is 0 Å². The Kier molecular flexibility index (Phi) is 4.81. The first-order chi connectivity index (χ1) is 9.58. The van der Waals surface area contributed by atoms with Crippen LogP contribution >= 0.6 is 15.9 Å². The minimum absolute atomic E-state index is 0.128. The molecule has 1 heterocycles. The maximum absolute atomic E-state index is 11.0. The van der Waals surface area contributed by atoms with Crippen LogP contribution in [0.25, 0.3) is 0 Å². The highest BCUT2D eigenvalue weighted by Crippen LogP contribution is 2.23. The molecule has 0 amide bonds. The second kappa shape index (κ2) is 6.58. The SMILES string of the molecule is Cc1ccncc1CNCc1cc(Br)ccc1[N+](=O)[O-]. The Bertz CT molecular complexity index is 632. The van der Waals surface area contributed by atoms with Crippen molar-refractivity contribution in [1.29, 1.82) is 0 Å². The van der Waals surface area contributed by atoms with E-state index in [1.54, 1.807) is 24.5 Å². The third-order valence-electron chi connectivity index (χ3n) is 3.02. The van der Waals surface area contributed by atoms with Crippen LogP contribution < -0.4 is 5.32 Å². The second-order valence-corrected chi connectivity index (χ2v) is 5.35. The number of hydrogen-bond donors (Lipinski definition) is 1. The second-order valence-electron chi connectivity index (χ2n) is 4.44. The van der Waals surface area contributed by atoms with Crippen molar-refractivity contribution in [3.8, 4) is 0 Å². The number of nitro benzene ring substituents is 1. The maximum atomic E-state index is 11.0. The van der Waals surface area contributed by atoms with Crippen LogP contribution in [0.4, 0.5) is 5.69 Å². The van der Waals surface area contributed by atoms with Crippen LogP contribution in [0, 0.1) is 17.0 Å². The fraction of sp³-hybridized carbons (Fsp3) is 0.214. The minimum atomic E-state index is -0.362. The Hall–Kier alpha value is -1.79. The molecule has 2 aromatic rings. The van der Waals surface area contributed by atoms with Crippen molar-refractivity contribution in [1.82, 2.24) is 10.3 Å². The number of halogens is 1. The average Bonchev–Trinajstić information content (AvgIpc) is 2.41. The van der Waals surface area contributed by atoms with E-state index in [1.165, 1.54) is 6.07 Å². The normalized spacial score (nSPS) is 10.5. The number of nitro groups is 1. The first kappa shape index (κ1) is 14.6.